The molecule has 1 heterocycles. The molecule has 4 rings (SSSR count). The summed E-state index contributed by atoms with van der Waals surface area (Å²) in [5.41, 5.74) is 3.10. The van der Waals surface area contributed by atoms with Crippen LogP contribution >= 0.6 is 0 Å². The van der Waals surface area contributed by atoms with Gasteiger partial charge in [0.1, 0.15) is 24.4 Å². The Morgan fingerprint density at radius 3 is 1.79 bits per heavy atom. The zero-order valence-corrected chi connectivity index (χ0v) is 21.8. The molecule has 1 fully saturated rings. The summed E-state index contributed by atoms with van der Waals surface area (Å²) < 4.78 is 31.0. The van der Waals surface area contributed by atoms with Crippen molar-refractivity contribution in [3.8, 4) is 0 Å². The zero-order valence-electron chi connectivity index (χ0n) is 21.8. The van der Waals surface area contributed by atoms with Gasteiger partial charge in [-0.3, -0.25) is 0 Å². The smallest absolute Gasteiger partial charge is 0.186 e. The standard InChI is InChI=1S/C32H38O6/c1-2-3-13-20-35-32-29(33)31(37-23-27-18-11-6-12-19-27)30(36-22-26-16-9-5-10-17-26)28(38-32)24-34-21-25-14-7-4-8-15-25/h2,4-12,14-19,28-33H,1,3,13,20-24H2/t28-,29-,30-,31-,32-/m1/s1. The summed E-state index contributed by atoms with van der Waals surface area (Å²) in [6, 6.07) is 29.8. The van der Waals surface area contributed by atoms with Crippen molar-refractivity contribution in [3.63, 3.8) is 0 Å². The normalized spacial score (nSPS) is 23.2. The third kappa shape index (κ3) is 8.60. The average Bonchev–Trinajstić information content (AvgIpc) is 2.96. The first-order valence-electron chi connectivity index (χ1n) is 13.2. The lowest BCUT2D eigenvalue weighted by molar-refractivity contribution is -0.319. The monoisotopic (exact) mass is 518 g/mol. The van der Waals surface area contributed by atoms with E-state index in [1.807, 2.05) is 97.1 Å². The van der Waals surface area contributed by atoms with Gasteiger partial charge in [0, 0.05) is 0 Å². The summed E-state index contributed by atoms with van der Waals surface area (Å²) >= 11 is 0. The third-order valence-electron chi connectivity index (χ3n) is 6.41. The molecule has 0 amide bonds. The first kappa shape index (κ1) is 28.2. The second-order valence-corrected chi connectivity index (χ2v) is 9.36. The molecule has 0 saturated carbocycles. The van der Waals surface area contributed by atoms with Crippen molar-refractivity contribution < 1.29 is 28.8 Å². The maximum Gasteiger partial charge on any atom is 0.186 e. The highest BCUT2D eigenvalue weighted by molar-refractivity contribution is 5.15. The highest BCUT2D eigenvalue weighted by Gasteiger charge is 2.47. The van der Waals surface area contributed by atoms with Crippen LogP contribution in [-0.2, 0) is 43.5 Å². The first-order chi connectivity index (χ1) is 18.7. The minimum Gasteiger partial charge on any atom is -0.385 e. The molecule has 3 aromatic rings. The van der Waals surface area contributed by atoms with Crippen LogP contribution < -0.4 is 0 Å². The Balaban J connectivity index is 1.50. The number of hydrogen-bond donors (Lipinski definition) is 1. The van der Waals surface area contributed by atoms with Crippen LogP contribution in [0.2, 0.25) is 0 Å². The summed E-state index contributed by atoms with van der Waals surface area (Å²) in [4.78, 5) is 0. The van der Waals surface area contributed by atoms with Gasteiger partial charge in [0.15, 0.2) is 6.29 Å². The third-order valence-corrected chi connectivity index (χ3v) is 6.41. The van der Waals surface area contributed by atoms with Crippen molar-refractivity contribution >= 4 is 0 Å². The van der Waals surface area contributed by atoms with E-state index in [1.165, 1.54) is 0 Å². The Bertz CT molecular complexity index is 1050. The molecule has 1 aliphatic heterocycles. The Morgan fingerprint density at radius 2 is 1.24 bits per heavy atom. The molecular weight excluding hydrogens is 480 g/mol. The number of allylic oxidation sites excluding steroid dienone is 1. The highest BCUT2D eigenvalue weighted by Crippen LogP contribution is 2.29. The molecule has 0 aromatic heterocycles. The number of benzene rings is 3. The van der Waals surface area contributed by atoms with E-state index in [9.17, 15) is 5.11 Å². The van der Waals surface area contributed by atoms with Crippen LogP contribution in [0.5, 0.6) is 0 Å². The van der Waals surface area contributed by atoms with Crippen molar-refractivity contribution in [2.24, 2.45) is 0 Å². The molecule has 3 aromatic carbocycles. The van der Waals surface area contributed by atoms with E-state index < -0.39 is 30.7 Å². The molecule has 0 bridgehead atoms. The molecule has 1 aliphatic rings. The molecule has 1 saturated heterocycles. The maximum atomic E-state index is 11.3. The largest absolute Gasteiger partial charge is 0.385 e. The summed E-state index contributed by atoms with van der Waals surface area (Å²) in [5, 5.41) is 11.3. The van der Waals surface area contributed by atoms with Gasteiger partial charge in [0.05, 0.1) is 33.0 Å². The molecule has 0 aliphatic carbocycles. The second-order valence-electron chi connectivity index (χ2n) is 9.36. The van der Waals surface area contributed by atoms with Gasteiger partial charge >= 0.3 is 0 Å². The number of ether oxygens (including phenoxy) is 5. The fourth-order valence-corrected chi connectivity index (χ4v) is 4.39. The van der Waals surface area contributed by atoms with Gasteiger partial charge in [0.25, 0.3) is 0 Å². The lowest BCUT2D eigenvalue weighted by Gasteiger charge is -2.44. The SMILES string of the molecule is C=CCCCO[C@@H]1O[C@H](COCc2ccccc2)[C@@H](OCc2ccccc2)[C@H](OCc2ccccc2)[C@H]1O. The summed E-state index contributed by atoms with van der Waals surface area (Å²) in [6.07, 6.45) is -0.189. The summed E-state index contributed by atoms with van der Waals surface area (Å²) in [5.74, 6) is 0. The number of hydrogen-bond acceptors (Lipinski definition) is 6. The minimum atomic E-state index is -1.03. The van der Waals surface area contributed by atoms with Gasteiger partial charge in [-0.25, -0.2) is 0 Å². The molecule has 0 radical (unpaired) electrons. The predicted octanol–water partition coefficient (Wildman–Crippen LogP) is 5.44. The average molecular weight is 519 g/mol. The van der Waals surface area contributed by atoms with Gasteiger partial charge < -0.3 is 28.8 Å². The summed E-state index contributed by atoms with van der Waals surface area (Å²) in [6.45, 7) is 5.58. The maximum absolute atomic E-state index is 11.3. The van der Waals surface area contributed by atoms with Crippen molar-refractivity contribution in [3.05, 3.63) is 120 Å². The number of aliphatic hydroxyl groups excluding tert-OH is 1. The van der Waals surface area contributed by atoms with E-state index in [1.54, 1.807) is 0 Å². The van der Waals surface area contributed by atoms with Crippen molar-refractivity contribution in [2.45, 2.75) is 63.4 Å². The topological polar surface area (TPSA) is 66.4 Å². The molecule has 6 heteroatoms. The molecule has 0 unspecified atom stereocenters. The van der Waals surface area contributed by atoms with Crippen LogP contribution in [-0.4, -0.2) is 49.0 Å². The van der Waals surface area contributed by atoms with Gasteiger partial charge in [-0.1, -0.05) is 97.1 Å². The lowest BCUT2D eigenvalue weighted by atomic mass is 9.98. The predicted molar refractivity (Wildman–Crippen MR) is 146 cm³/mol. The quantitative estimate of drug-likeness (QED) is 0.213. The molecule has 38 heavy (non-hydrogen) atoms. The molecule has 6 nitrogen and oxygen atoms in total. The molecule has 1 N–H and O–H groups in total. The zero-order chi connectivity index (χ0) is 26.4. The fraction of sp³-hybridized carbons (Fsp3) is 0.375. The molecule has 5 atom stereocenters. The van der Waals surface area contributed by atoms with E-state index in [0.29, 0.717) is 26.4 Å². The summed E-state index contributed by atoms with van der Waals surface area (Å²) in [7, 11) is 0. The Labute approximate surface area is 225 Å². The van der Waals surface area contributed by atoms with Crippen LogP contribution in [0.25, 0.3) is 0 Å². The lowest BCUT2D eigenvalue weighted by Crippen LogP contribution is -2.61. The number of rotatable bonds is 15. The van der Waals surface area contributed by atoms with E-state index in [4.69, 9.17) is 23.7 Å². The second kappa shape index (κ2) is 15.5. The number of aliphatic hydroxyl groups is 1. The van der Waals surface area contributed by atoms with Crippen LogP contribution in [0.4, 0.5) is 0 Å². The van der Waals surface area contributed by atoms with E-state index >= 15 is 0 Å². The van der Waals surface area contributed by atoms with Crippen LogP contribution in [0, 0.1) is 0 Å². The van der Waals surface area contributed by atoms with Crippen LogP contribution in [0.15, 0.2) is 104 Å². The first-order valence-corrected chi connectivity index (χ1v) is 13.2. The minimum absolute atomic E-state index is 0.263. The van der Waals surface area contributed by atoms with E-state index in [2.05, 4.69) is 6.58 Å². The number of unbranched alkanes of at least 4 members (excludes halogenated alkanes) is 1. The van der Waals surface area contributed by atoms with E-state index in [-0.39, 0.29) is 6.61 Å². The highest BCUT2D eigenvalue weighted by atomic mass is 16.7. The van der Waals surface area contributed by atoms with E-state index in [0.717, 1.165) is 29.5 Å². The Hall–Kier alpha value is -2.84. The van der Waals surface area contributed by atoms with Gasteiger partial charge in [0.2, 0.25) is 0 Å². The van der Waals surface area contributed by atoms with Crippen molar-refractivity contribution in [2.75, 3.05) is 13.2 Å². The van der Waals surface area contributed by atoms with Crippen molar-refractivity contribution in [1.82, 2.24) is 0 Å². The Kier molecular flexibility index (Phi) is 11.5. The van der Waals surface area contributed by atoms with Crippen LogP contribution in [0.1, 0.15) is 29.5 Å². The van der Waals surface area contributed by atoms with Gasteiger partial charge in [-0.15, -0.1) is 6.58 Å². The Morgan fingerprint density at radius 1 is 0.711 bits per heavy atom. The molecular formula is C32H38O6. The molecule has 202 valence electrons. The van der Waals surface area contributed by atoms with Crippen LogP contribution in [0.3, 0.4) is 0 Å². The fourth-order valence-electron chi connectivity index (χ4n) is 4.39. The van der Waals surface area contributed by atoms with Crippen molar-refractivity contribution in [1.29, 1.82) is 0 Å². The molecule has 0 spiro atoms. The van der Waals surface area contributed by atoms with Gasteiger partial charge in [-0.2, -0.15) is 0 Å². The van der Waals surface area contributed by atoms with Gasteiger partial charge in [-0.05, 0) is 29.5 Å².